The predicted octanol–water partition coefficient (Wildman–Crippen LogP) is 3.16. The fraction of sp³-hybridized carbons (Fsp3) is 0.320. The van der Waals surface area contributed by atoms with Crippen LogP contribution < -0.4 is 10.5 Å². The van der Waals surface area contributed by atoms with E-state index in [0.717, 1.165) is 30.9 Å². The summed E-state index contributed by atoms with van der Waals surface area (Å²) in [5.41, 5.74) is 3.54. The fourth-order valence-electron chi connectivity index (χ4n) is 4.18. The summed E-state index contributed by atoms with van der Waals surface area (Å²) in [6, 6.07) is 19.8. The molecule has 31 heavy (non-hydrogen) atoms. The third-order valence-corrected chi connectivity index (χ3v) is 5.81. The maximum Gasteiger partial charge on any atom is 0.258 e. The molecular weight excluding hydrogens is 388 g/mol. The Kier molecular flexibility index (Phi) is 6.28. The maximum absolute atomic E-state index is 13.3. The van der Waals surface area contributed by atoms with Crippen LogP contribution in [0.1, 0.15) is 29.6 Å². The van der Waals surface area contributed by atoms with E-state index >= 15 is 0 Å². The molecule has 0 N–H and O–H groups in total. The van der Waals surface area contributed by atoms with Crippen molar-refractivity contribution in [3.8, 4) is 0 Å². The maximum atomic E-state index is 13.3. The Morgan fingerprint density at radius 3 is 2.42 bits per heavy atom. The summed E-state index contributed by atoms with van der Waals surface area (Å²) >= 11 is 0. The Morgan fingerprint density at radius 2 is 1.74 bits per heavy atom. The molecule has 0 atom stereocenters. The predicted molar refractivity (Wildman–Crippen MR) is 122 cm³/mol. The number of rotatable bonds is 6. The van der Waals surface area contributed by atoms with Gasteiger partial charge in [-0.3, -0.25) is 19.1 Å². The van der Waals surface area contributed by atoms with Crippen molar-refractivity contribution in [1.82, 2.24) is 14.5 Å². The van der Waals surface area contributed by atoms with Crippen LogP contribution in [0.15, 0.2) is 65.5 Å². The largest absolute Gasteiger partial charge is 0.311 e. The fourth-order valence-corrected chi connectivity index (χ4v) is 4.18. The molecular formula is C25H28N4O2. The van der Waals surface area contributed by atoms with Crippen molar-refractivity contribution in [1.29, 1.82) is 0 Å². The van der Waals surface area contributed by atoms with Gasteiger partial charge in [-0.05, 0) is 31.5 Å². The first-order chi connectivity index (χ1) is 15.1. The molecule has 1 aliphatic heterocycles. The Bertz CT molecular complexity index is 1110. The molecule has 6 heteroatoms. The number of carbonyl (C=O) groups is 1. The topological polar surface area (TPSA) is 58.4 Å². The number of likely N-dealkylation sites (N-methyl/N-ethyl adjacent to an activating group) is 1. The van der Waals surface area contributed by atoms with Gasteiger partial charge < -0.3 is 4.90 Å². The molecule has 0 unspecified atom stereocenters. The van der Waals surface area contributed by atoms with Crippen LogP contribution in [0.3, 0.4) is 0 Å². The van der Waals surface area contributed by atoms with Gasteiger partial charge in [-0.2, -0.15) is 0 Å². The first-order valence-electron chi connectivity index (χ1n) is 10.8. The Balaban J connectivity index is 1.57. The minimum absolute atomic E-state index is 0.00757. The van der Waals surface area contributed by atoms with E-state index in [1.54, 1.807) is 4.90 Å². The van der Waals surface area contributed by atoms with Gasteiger partial charge in [0.05, 0.1) is 11.3 Å². The Labute approximate surface area is 182 Å². The lowest BCUT2D eigenvalue weighted by Gasteiger charge is -2.29. The van der Waals surface area contributed by atoms with Gasteiger partial charge in [0.2, 0.25) is 5.91 Å². The number of benzene rings is 2. The number of amides is 1. The van der Waals surface area contributed by atoms with E-state index in [0.29, 0.717) is 24.5 Å². The summed E-state index contributed by atoms with van der Waals surface area (Å²) in [6.45, 7) is 6.50. The lowest BCUT2D eigenvalue weighted by atomic mass is 10.1. The molecule has 4 rings (SSSR count). The molecule has 1 aliphatic rings. The molecule has 6 nitrogen and oxygen atoms in total. The standard InChI is InChI=1S/C25H28N4O2/c1-3-28(21-12-8-5-9-13-21)24(30)18-29-19(2)26-23-14-15-27(17-22(23)25(29)31)16-20-10-6-4-7-11-20/h4-13H,3,14-18H2,1-2H3. The highest BCUT2D eigenvalue weighted by molar-refractivity contribution is 5.93. The summed E-state index contributed by atoms with van der Waals surface area (Å²) in [6.07, 6.45) is 0.748. The SMILES string of the molecule is CCN(C(=O)Cn1c(C)nc2c(c1=O)CN(Cc1ccccc1)CC2)c1ccccc1. The van der Waals surface area contributed by atoms with E-state index in [1.807, 2.05) is 62.4 Å². The third-order valence-electron chi connectivity index (χ3n) is 5.81. The van der Waals surface area contributed by atoms with Gasteiger partial charge in [-0.25, -0.2) is 4.98 Å². The Morgan fingerprint density at radius 1 is 1.06 bits per heavy atom. The number of aromatic nitrogens is 2. The minimum Gasteiger partial charge on any atom is -0.311 e. The van der Waals surface area contributed by atoms with Crippen molar-refractivity contribution < 1.29 is 4.79 Å². The second-order valence-corrected chi connectivity index (χ2v) is 7.90. The Hall–Kier alpha value is -3.25. The summed E-state index contributed by atoms with van der Waals surface area (Å²) in [5, 5.41) is 0. The highest BCUT2D eigenvalue weighted by Crippen LogP contribution is 2.18. The molecule has 0 radical (unpaired) electrons. The highest BCUT2D eigenvalue weighted by Gasteiger charge is 2.24. The van der Waals surface area contributed by atoms with Crippen LogP contribution in [0, 0.1) is 6.92 Å². The summed E-state index contributed by atoms with van der Waals surface area (Å²) in [4.78, 5) is 35.1. The zero-order valence-electron chi connectivity index (χ0n) is 18.1. The summed E-state index contributed by atoms with van der Waals surface area (Å²) in [5.74, 6) is 0.482. The quantitative estimate of drug-likeness (QED) is 0.619. The van der Waals surface area contributed by atoms with E-state index in [9.17, 15) is 9.59 Å². The average molecular weight is 417 g/mol. The number of aryl methyl sites for hydroxylation is 1. The number of anilines is 1. The van der Waals surface area contributed by atoms with Gasteiger partial charge in [-0.1, -0.05) is 48.5 Å². The number of nitrogens with zero attached hydrogens (tertiary/aromatic N) is 4. The van der Waals surface area contributed by atoms with Crippen LogP contribution in [0.2, 0.25) is 0 Å². The zero-order chi connectivity index (χ0) is 21.8. The van der Waals surface area contributed by atoms with E-state index in [4.69, 9.17) is 4.98 Å². The van der Waals surface area contributed by atoms with Gasteiger partial charge in [0.25, 0.3) is 5.56 Å². The normalized spacial score (nSPS) is 13.6. The molecule has 2 aromatic carbocycles. The molecule has 1 amide bonds. The van der Waals surface area contributed by atoms with Gasteiger partial charge in [0, 0.05) is 38.3 Å². The molecule has 0 bridgehead atoms. The molecule has 1 aromatic heterocycles. The van der Waals surface area contributed by atoms with Gasteiger partial charge in [0.15, 0.2) is 0 Å². The summed E-state index contributed by atoms with van der Waals surface area (Å²) in [7, 11) is 0. The monoisotopic (exact) mass is 416 g/mol. The molecule has 0 saturated heterocycles. The van der Waals surface area contributed by atoms with Crippen LogP contribution in [0.4, 0.5) is 5.69 Å². The first-order valence-corrected chi connectivity index (χ1v) is 10.8. The average Bonchev–Trinajstić information content (AvgIpc) is 2.79. The molecule has 0 fully saturated rings. The van der Waals surface area contributed by atoms with Gasteiger partial charge in [0.1, 0.15) is 12.4 Å². The molecule has 2 heterocycles. The second kappa shape index (κ2) is 9.27. The number of para-hydroxylation sites is 1. The van der Waals surface area contributed by atoms with Crippen LogP contribution in [-0.4, -0.2) is 33.4 Å². The van der Waals surface area contributed by atoms with E-state index < -0.39 is 0 Å². The lowest BCUT2D eigenvalue weighted by molar-refractivity contribution is -0.119. The van der Waals surface area contributed by atoms with Crippen LogP contribution in [0.25, 0.3) is 0 Å². The van der Waals surface area contributed by atoms with Gasteiger partial charge in [-0.15, -0.1) is 0 Å². The third kappa shape index (κ3) is 4.59. The smallest absolute Gasteiger partial charge is 0.258 e. The molecule has 160 valence electrons. The number of hydrogen-bond donors (Lipinski definition) is 0. The minimum atomic E-state index is -0.113. The number of hydrogen-bond acceptors (Lipinski definition) is 4. The van der Waals surface area contributed by atoms with Crippen molar-refractivity contribution in [2.75, 3.05) is 18.0 Å². The van der Waals surface area contributed by atoms with E-state index in [-0.39, 0.29) is 18.0 Å². The van der Waals surface area contributed by atoms with Crippen molar-refractivity contribution in [2.45, 2.75) is 39.9 Å². The lowest BCUT2D eigenvalue weighted by Crippen LogP contribution is -2.41. The van der Waals surface area contributed by atoms with Crippen LogP contribution in [-0.2, 0) is 30.8 Å². The molecule has 3 aromatic rings. The van der Waals surface area contributed by atoms with E-state index in [1.165, 1.54) is 10.1 Å². The first kappa shape index (κ1) is 21.0. The van der Waals surface area contributed by atoms with Crippen LogP contribution >= 0.6 is 0 Å². The van der Waals surface area contributed by atoms with Crippen molar-refractivity contribution in [3.05, 3.63) is 93.7 Å². The summed E-state index contributed by atoms with van der Waals surface area (Å²) < 4.78 is 1.53. The van der Waals surface area contributed by atoms with Crippen molar-refractivity contribution >= 4 is 11.6 Å². The van der Waals surface area contributed by atoms with Gasteiger partial charge >= 0.3 is 0 Å². The zero-order valence-corrected chi connectivity index (χ0v) is 18.1. The molecule has 0 aliphatic carbocycles. The van der Waals surface area contributed by atoms with E-state index in [2.05, 4.69) is 17.0 Å². The van der Waals surface area contributed by atoms with Crippen molar-refractivity contribution in [2.24, 2.45) is 0 Å². The molecule has 0 spiro atoms. The number of fused-ring (bicyclic) bond motifs is 1. The van der Waals surface area contributed by atoms with Crippen LogP contribution in [0.5, 0.6) is 0 Å². The second-order valence-electron chi connectivity index (χ2n) is 7.90. The molecule has 0 saturated carbocycles. The highest BCUT2D eigenvalue weighted by atomic mass is 16.2. The van der Waals surface area contributed by atoms with Crippen molar-refractivity contribution in [3.63, 3.8) is 0 Å². The number of carbonyl (C=O) groups excluding carboxylic acids is 1.